The number of thiocarbonyl (C=S) groups is 3. The molecule has 86 heavy (non-hydrogen) atoms. The first-order valence-corrected chi connectivity index (χ1v) is 27.2. The number of nitrogens with one attached hydrogen (secondary N) is 1. The molecule has 0 spiro atoms. The number of hydrogen-bond acceptors (Lipinski definition) is 15. The Balaban J connectivity index is 0.000000247. The molecule has 0 aliphatic carbocycles. The number of methoxy groups -OCH3 is 1. The van der Waals surface area contributed by atoms with E-state index in [0.29, 0.717) is 36.3 Å². The van der Waals surface area contributed by atoms with Crippen LogP contribution >= 0.6 is 59.9 Å². The highest BCUT2D eigenvalue weighted by atomic mass is 35.5. The number of para-hydroxylation sites is 2. The monoisotopic (exact) mass is 1300 g/mol. The van der Waals surface area contributed by atoms with Crippen LogP contribution < -0.4 is 30.2 Å². The zero-order chi connectivity index (χ0) is 64.0. The summed E-state index contributed by atoms with van der Waals surface area (Å²) in [5.41, 5.74) is 8.67. The molecule has 2 aliphatic rings. The zero-order valence-corrected chi connectivity index (χ0v) is 50.5. The fraction of sp³-hybridized carbons (Fsp3) is 0.293. The van der Waals surface area contributed by atoms with Crippen LogP contribution in [0.2, 0.25) is 0 Å². The minimum Gasteiger partial charge on any atom is -0.468 e. The standard InChI is InChI=1S/C22H18F3N3O2S.C15H18N2O2.C8H4F3NOS.C7H6F3NO.C5H10O.CCl2S/c1-21(2)19(29)28(15-7-9-16(10-8-15)30-22(23,24)25)20(31)27(21)13-14-11-12-26-18-6-4-3-5-17(14)18;1-15(2,14(18)19-3)17-10-11-8-9-16-13-7-5-4-6-12(11)13;9-8(10,11)13-7-3-1-6(2-4-7)12-5-14;8-7(9,10)12-6-3-1-5(11)2-4-6;1-5-3-2-4-6-5;2-1(3)4/h3-12H,13H2,1-2H3;4-9,17H,10H2,1-3H3;1-4H;1-4H,11H2;5H,2-4H2,1H3;. The van der Waals surface area contributed by atoms with Crippen molar-refractivity contribution >= 4 is 125 Å². The van der Waals surface area contributed by atoms with E-state index in [9.17, 15) is 49.1 Å². The second-order valence-electron chi connectivity index (χ2n) is 19.0. The fourth-order valence-corrected chi connectivity index (χ4v) is 8.31. The molecule has 0 bridgehead atoms. The Hall–Kier alpha value is -7.29. The maximum absolute atomic E-state index is 13.2. The number of pyridine rings is 2. The van der Waals surface area contributed by atoms with Crippen LogP contribution in [0.25, 0.3) is 21.8 Å². The van der Waals surface area contributed by atoms with Gasteiger partial charge in [0, 0.05) is 48.5 Å². The summed E-state index contributed by atoms with van der Waals surface area (Å²) in [5.74, 6) is -1.46. The largest absolute Gasteiger partial charge is 0.573 e. The Labute approximate surface area is 515 Å². The van der Waals surface area contributed by atoms with Crippen LogP contribution in [0, 0.1) is 0 Å². The number of benzene rings is 5. The average Bonchev–Trinajstić information content (AvgIpc) is 1.64. The molecule has 1 amide bonds. The van der Waals surface area contributed by atoms with E-state index in [4.69, 9.17) is 50.6 Å². The van der Waals surface area contributed by atoms with Crippen LogP contribution in [0.5, 0.6) is 17.2 Å². The number of alkyl halides is 9. The summed E-state index contributed by atoms with van der Waals surface area (Å²) in [7, 11) is 1.40. The maximum Gasteiger partial charge on any atom is 0.573 e. The van der Waals surface area contributed by atoms with Gasteiger partial charge in [-0.3, -0.25) is 29.8 Å². The highest BCUT2D eigenvalue weighted by Crippen LogP contribution is 2.36. The third-order valence-corrected chi connectivity index (χ3v) is 12.4. The van der Waals surface area contributed by atoms with E-state index in [1.807, 2.05) is 79.4 Å². The number of nitrogens with zero attached hydrogens (tertiary/aromatic N) is 5. The second kappa shape index (κ2) is 32.4. The number of isothiocyanates is 1. The number of hydrogen-bond donors (Lipinski definition) is 2. The third kappa shape index (κ3) is 23.9. The number of nitrogens with two attached hydrogens (primary N) is 1. The van der Waals surface area contributed by atoms with E-state index >= 15 is 0 Å². The van der Waals surface area contributed by atoms with Gasteiger partial charge in [0.15, 0.2) is 8.90 Å². The molecule has 2 aliphatic heterocycles. The van der Waals surface area contributed by atoms with Crippen LogP contribution in [0.3, 0.4) is 0 Å². The average molecular weight is 1300 g/mol. The number of anilines is 2. The van der Waals surface area contributed by atoms with Gasteiger partial charge in [0.05, 0.1) is 40.8 Å². The molecule has 2 saturated heterocycles. The minimum atomic E-state index is -4.79. The molecular weight excluding hydrogens is 1240 g/mol. The lowest BCUT2D eigenvalue weighted by atomic mass is 10.0. The molecule has 1 atom stereocenters. The van der Waals surface area contributed by atoms with Gasteiger partial charge in [0.2, 0.25) is 0 Å². The Bertz CT molecular complexity index is 3400. The number of fused-ring (bicyclic) bond motifs is 2. The number of nitrogen functional groups attached to an aromatic ring is 1. The fourth-order valence-electron chi connectivity index (χ4n) is 7.72. The lowest BCUT2D eigenvalue weighted by Crippen LogP contribution is -2.46. The third-order valence-electron chi connectivity index (χ3n) is 11.9. The molecule has 0 saturated carbocycles. The molecule has 2 fully saturated rings. The molecule has 14 nitrogen and oxygen atoms in total. The summed E-state index contributed by atoms with van der Waals surface area (Å²) >= 11 is 23.6. The Morgan fingerprint density at radius 2 is 1.20 bits per heavy atom. The lowest BCUT2D eigenvalue weighted by molar-refractivity contribution is -0.275. The van der Waals surface area contributed by atoms with Crippen LogP contribution in [-0.4, -0.2) is 90.8 Å². The van der Waals surface area contributed by atoms with Crippen molar-refractivity contribution in [2.75, 3.05) is 24.4 Å². The van der Waals surface area contributed by atoms with Crippen molar-refractivity contribution in [3.8, 4) is 17.2 Å². The first kappa shape index (κ1) is 71.2. The summed E-state index contributed by atoms with van der Waals surface area (Å²) in [6.45, 7) is 11.2. The number of esters is 1. The molecule has 7 aromatic rings. The molecule has 9 rings (SSSR count). The Morgan fingerprint density at radius 1 is 0.756 bits per heavy atom. The lowest BCUT2D eigenvalue weighted by Gasteiger charge is -2.29. The van der Waals surface area contributed by atoms with Gasteiger partial charge in [-0.25, -0.2) is 0 Å². The van der Waals surface area contributed by atoms with E-state index in [1.54, 1.807) is 26.2 Å². The number of aromatic nitrogens is 2. The molecule has 3 N–H and O–H groups in total. The zero-order valence-electron chi connectivity index (χ0n) is 46.5. The van der Waals surface area contributed by atoms with Gasteiger partial charge in [-0.1, -0.05) is 71.8 Å². The predicted molar refractivity (Wildman–Crippen MR) is 324 cm³/mol. The van der Waals surface area contributed by atoms with Crippen molar-refractivity contribution in [3.05, 3.63) is 157 Å². The van der Waals surface area contributed by atoms with Crippen molar-refractivity contribution in [3.63, 3.8) is 0 Å². The molecule has 2 aromatic heterocycles. The van der Waals surface area contributed by atoms with Crippen molar-refractivity contribution in [1.82, 2.24) is 20.2 Å². The van der Waals surface area contributed by atoms with Crippen LogP contribution in [0.15, 0.2) is 151 Å². The van der Waals surface area contributed by atoms with E-state index < -0.39 is 30.2 Å². The maximum atomic E-state index is 13.2. The number of ether oxygens (including phenoxy) is 5. The van der Waals surface area contributed by atoms with E-state index in [1.165, 1.54) is 61.2 Å². The number of carbonyl (C=O) groups is 2. The summed E-state index contributed by atoms with van der Waals surface area (Å²) in [4.78, 5) is 40.2. The molecule has 460 valence electrons. The molecule has 1 unspecified atom stereocenters. The van der Waals surface area contributed by atoms with Crippen molar-refractivity contribution in [2.45, 2.75) is 96.8 Å². The van der Waals surface area contributed by atoms with Gasteiger partial charge >= 0.3 is 25.1 Å². The molecule has 28 heteroatoms. The van der Waals surface area contributed by atoms with Crippen LogP contribution in [0.1, 0.15) is 58.6 Å². The predicted octanol–water partition coefficient (Wildman–Crippen LogP) is 15.7. The number of carbonyl (C=O) groups excluding carboxylic acids is 2. The number of halogens is 11. The van der Waals surface area contributed by atoms with Crippen molar-refractivity contribution in [2.24, 2.45) is 4.99 Å². The van der Waals surface area contributed by atoms with Gasteiger partial charge in [-0.15, -0.1) is 39.5 Å². The quantitative estimate of drug-likeness (QED) is 0.0314. The smallest absolute Gasteiger partial charge is 0.468 e. The Kier molecular flexibility index (Phi) is 26.9. The van der Waals surface area contributed by atoms with Gasteiger partial charge in [0.25, 0.3) is 5.91 Å². The molecular formula is C58H56Cl2F9N7O7S3. The highest BCUT2D eigenvalue weighted by Gasteiger charge is 2.49. The van der Waals surface area contributed by atoms with E-state index in [-0.39, 0.29) is 38.0 Å². The normalized spacial score (nSPS) is 14.4. The molecule has 0 radical (unpaired) electrons. The summed E-state index contributed by atoms with van der Waals surface area (Å²) < 4.78 is 128. The number of aliphatic imine (C=N–C) groups is 1. The summed E-state index contributed by atoms with van der Waals surface area (Å²) in [6.07, 6.45) is -7.53. The molecule has 5 aromatic carbocycles. The van der Waals surface area contributed by atoms with Crippen molar-refractivity contribution in [1.29, 1.82) is 0 Å². The Morgan fingerprint density at radius 3 is 1.62 bits per heavy atom. The SMILES string of the molecule is CC1(C)C(=O)N(c2ccc(OC(F)(F)F)cc2)C(=S)N1Cc1ccnc2ccccc12.CC1CCCO1.COC(=O)C(C)(C)NCc1ccnc2ccccc12.FC(F)(F)Oc1ccc(N=C=S)cc1.Nc1ccc(OC(F)(F)F)cc1.S=C(Cl)Cl. The number of amides is 1. The first-order chi connectivity index (χ1) is 40.2. The molecule has 4 heterocycles. The highest BCUT2D eigenvalue weighted by molar-refractivity contribution is 7.86. The van der Waals surface area contributed by atoms with Crippen LogP contribution in [-0.2, 0) is 32.2 Å². The van der Waals surface area contributed by atoms with Gasteiger partial charge in [-0.05, 0) is 180 Å². The minimum absolute atomic E-state index is 0.0556. The van der Waals surface area contributed by atoms with Gasteiger partial charge < -0.3 is 34.3 Å². The van der Waals surface area contributed by atoms with E-state index in [2.05, 4.69) is 71.0 Å². The van der Waals surface area contributed by atoms with Gasteiger partial charge in [0.1, 0.15) is 28.3 Å². The number of rotatable bonds is 11. The van der Waals surface area contributed by atoms with Gasteiger partial charge in [-0.2, -0.15) is 4.99 Å². The topological polar surface area (TPSA) is 163 Å². The second-order valence-corrected chi connectivity index (χ2v) is 21.3. The van der Waals surface area contributed by atoms with Crippen molar-refractivity contribution < 1.29 is 72.8 Å². The summed E-state index contributed by atoms with van der Waals surface area (Å²) in [6, 6.07) is 34.6. The van der Waals surface area contributed by atoms with Crippen LogP contribution in [0.4, 0.5) is 56.6 Å². The summed E-state index contributed by atoms with van der Waals surface area (Å²) in [5, 5.41) is 7.65. The van der Waals surface area contributed by atoms with E-state index in [0.717, 1.165) is 75.9 Å². The first-order valence-electron chi connectivity index (χ1n) is 25.3.